The first-order valence-electron chi connectivity index (χ1n) is 3.78. The number of nitrogens with one attached hydrogen (secondary N) is 1. The maximum absolute atomic E-state index is 4.23. The number of aromatic nitrogens is 4. The molecule has 0 aromatic carbocycles. The molecule has 0 saturated carbocycles. The van der Waals surface area contributed by atoms with Crippen molar-refractivity contribution in [2.75, 3.05) is 9.87 Å². The number of hydrogen-bond acceptors (Lipinski definition) is 4. The molecule has 2 heterocycles. The fourth-order valence-electron chi connectivity index (χ4n) is 1.12. The minimum Gasteiger partial charge on any atom is -0.361 e. The first-order chi connectivity index (χ1) is 6.31. The molecule has 0 radical (unpaired) electrons. The van der Waals surface area contributed by atoms with Crippen molar-refractivity contribution in [1.29, 1.82) is 0 Å². The second kappa shape index (κ2) is 3.44. The van der Waals surface area contributed by atoms with Crippen LogP contribution in [0.1, 0.15) is 5.69 Å². The van der Waals surface area contributed by atoms with E-state index >= 15 is 0 Å². The van der Waals surface area contributed by atoms with E-state index in [1.165, 1.54) is 6.33 Å². The third-order valence-corrected chi connectivity index (χ3v) is 2.01. The molecule has 0 saturated heterocycles. The van der Waals surface area contributed by atoms with Crippen LogP contribution < -0.4 is 5.32 Å². The van der Waals surface area contributed by atoms with Gasteiger partial charge >= 0.3 is 0 Å². The average molecular weight is 289 g/mol. The quantitative estimate of drug-likeness (QED) is 0.513. The first-order valence-corrected chi connectivity index (χ1v) is 5.31. The highest BCUT2D eigenvalue weighted by Gasteiger charge is 2.03. The summed E-state index contributed by atoms with van der Waals surface area (Å²) in [5.74, 6) is 1.56. The van der Waals surface area contributed by atoms with Crippen molar-refractivity contribution in [2.24, 2.45) is 0 Å². The summed E-state index contributed by atoms with van der Waals surface area (Å²) in [5, 5.41) is 7.24. The predicted molar refractivity (Wildman–Crippen MR) is 58.0 cm³/mol. The van der Waals surface area contributed by atoms with Crippen LogP contribution in [-0.4, -0.2) is 24.1 Å². The van der Waals surface area contributed by atoms with Crippen LogP contribution in [0.25, 0.3) is 5.78 Å². The monoisotopic (exact) mass is 289 g/mol. The number of halogens is 1. The zero-order chi connectivity index (χ0) is 9.26. The molecule has 6 heteroatoms. The highest BCUT2D eigenvalue weighted by Crippen LogP contribution is 2.09. The number of nitrogens with zero attached hydrogens (tertiary/aromatic N) is 4. The van der Waals surface area contributed by atoms with Gasteiger partial charge in [-0.2, -0.15) is 14.6 Å². The van der Waals surface area contributed by atoms with Gasteiger partial charge in [-0.05, 0) is 6.92 Å². The van der Waals surface area contributed by atoms with E-state index in [1.807, 2.05) is 13.0 Å². The summed E-state index contributed by atoms with van der Waals surface area (Å²) in [5.41, 5.74) is 0.938. The summed E-state index contributed by atoms with van der Waals surface area (Å²) in [6.45, 7) is 1.94. The van der Waals surface area contributed by atoms with Gasteiger partial charge in [0.2, 0.25) is 0 Å². The van der Waals surface area contributed by atoms with Gasteiger partial charge in [-0.15, -0.1) is 0 Å². The number of hydrogen-bond donors (Lipinski definition) is 1. The minimum absolute atomic E-state index is 0.632. The van der Waals surface area contributed by atoms with Gasteiger partial charge in [0.05, 0.1) is 4.55 Å². The molecule has 0 amide bonds. The Morgan fingerprint density at radius 1 is 1.62 bits per heavy atom. The van der Waals surface area contributed by atoms with Gasteiger partial charge in [0.15, 0.2) is 0 Å². The van der Waals surface area contributed by atoms with E-state index in [-0.39, 0.29) is 0 Å². The van der Waals surface area contributed by atoms with Crippen LogP contribution in [0.3, 0.4) is 0 Å². The highest BCUT2D eigenvalue weighted by molar-refractivity contribution is 14.1. The van der Waals surface area contributed by atoms with Crippen LogP contribution in [0, 0.1) is 6.92 Å². The van der Waals surface area contributed by atoms with Gasteiger partial charge in [-0.3, -0.25) is 0 Å². The number of fused-ring (bicyclic) bond motifs is 1. The maximum Gasteiger partial charge on any atom is 0.254 e. The van der Waals surface area contributed by atoms with Gasteiger partial charge in [0, 0.05) is 11.8 Å². The summed E-state index contributed by atoms with van der Waals surface area (Å²) in [7, 11) is 0. The Kier molecular flexibility index (Phi) is 2.30. The third-order valence-electron chi connectivity index (χ3n) is 1.63. The average Bonchev–Trinajstić information content (AvgIpc) is 2.52. The molecule has 0 spiro atoms. The fraction of sp³-hybridized carbons (Fsp3) is 0.286. The van der Waals surface area contributed by atoms with E-state index in [2.05, 4.69) is 43.0 Å². The summed E-state index contributed by atoms with van der Waals surface area (Å²) in [6.07, 6.45) is 1.50. The topological polar surface area (TPSA) is 55.1 Å². The Morgan fingerprint density at radius 3 is 3.23 bits per heavy atom. The van der Waals surface area contributed by atoms with Crippen molar-refractivity contribution in [1.82, 2.24) is 19.6 Å². The van der Waals surface area contributed by atoms with E-state index in [0.29, 0.717) is 5.78 Å². The summed E-state index contributed by atoms with van der Waals surface area (Å²) < 4.78 is 2.52. The smallest absolute Gasteiger partial charge is 0.254 e. The minimum atomic E-state index is 0.632. The summed E-state index contributed by atoms with van der Waals surface area (Å²) in [4.78, 5) is 8.25. The van der Waals surface area contributed by atoms with Crippen molar-refractivity contribution in [3.8, 4) is 0 Å². The van der Waals surface area contributed by atoms with Crippen LogP contribution in [0.2, 0.25) is 0 Å². The molecule has 0 bridgehead atoms. The van der Waals surface area contributed by atoms with Crippen LogP contribution >= 0.6 is 22.6 Å². The van der Waals surface area contributed by atoms with E-state index in [0.717, 1.165) is 16.1 Å². The van der Waals surface area contributed by atoms with Gasteiger partial charge in [0.1, 0.15) is 12.1 Å². The van der Waals surface area contributed by atoms with Crippen LogP contribution in [0.15, 0.2) is 12.4 Å². The SMILES string of the molecule is Cc1cc(NCI)n2ncnc2n1. The van der Waals surface area contributed by atoms with Crippen LogP contribution in [0.5, 0.6) is 0 Å². The molecule has 0 aliphatic rings. The standard InChI is InChI=1S/C7H8IN5/c1-5-2-6(9-3-8)13-7(12-5)10-4-11-13/h2,4,9H,3H2,1H3. The highest BCUT2D eigenvalue weighted by atomic mass is 127. The van der Waals surface area contributed by atoms with E-state index in [9.17, 15) is 0 Å². The molecule has 0 aliphatic heterocycles. The summed E-state index contributed by atoms with van der Waals surface area (Å²) >= 11 is 2.24. The molecule has 0 atom stereocenters. The summed E-state index contributed by atoms with van der Waals surface area (Å²) in [6, 6.07) is 1.94. The molecule has 68 valence electrons. The Balaban J connectivity index is 2.63. The van der Waals surface area contributed by atoms with Crippen LogP contribution in [0.4, 0.5) is 5.82 Å². The number of rotatable bonds is 2. The zero-order valence-electron chi connectivity index (χ0n) is 7.03. The van der Waals surface area contributed by atoms with Crippen molar-refractivity contribution < 1.29 is 0 Å². The first kappa shape index (κ1) is 8.67. The van der Waals surface area contributed by atoms with Crippen molar-refractivity contribution in [2.45, 2.75) is 6.92 Å². The Morgan fingerprint density at radius 2 is 2.46 bits per heavy atom. The molecule has 2 aromatic rings. The van der Waals surface area contributed by atoms with Crippen molar-refractivity contribution >= 4 is 34.2 Å². The van der Waals surface area contributed by atoms with Gasteiger partial charge < -0.3 is 5.32 Å². The molecule has 0 aliphatic carbocycles. The largest absolute Gasteiger partial charge is 0.361 e. The van der Waals surface area contributed by atoms with E-state index < -0.39 is 0 Å². The lowest BCUT2D eigenvalue weighted by atomic mass is 10.4. The Labute approximate surface area is 88.7 Å². The second-order valence-electron chi connectivity index (χ2n) is 2.57. The molecule has 5 nitrogen and oxygen atoms in total. The number of aryl methyl sites for hydroxylation is 1. The molecular weight excluding hydrogens is 281 g/mol. The molecule has 2 aromatic heterocycles. The predicted octanol–water partition coefficient (Wildman–Crippen LogP) is 1.24. The number of anilines is 1. The second-order valence-corrected chi connectivity index (χ2v) is 3.33. The van der Waals surface area contributed by atoms with Crippen molar-refractivity contribution in [3.05, 3.63) is 18.1 Å². The Bertz CT molecular complexity index is 424. The van der Waals surface area contributed by atoms with E-state index in [1.54, 1.807) is 4.52 Å². The van der Waals surface area contributed by atoms with Crippen LogP contribution in [-0.2, 0) is 0 Å². The molecule has 13 heavy (non-hydrogen) atoms. The molecule has 1 N–H and O–H groups in total. The van der Waals surface area contributed by atoms with Crippen molar-refractivity contribution in [3.63, 3.8) is 0 Å². The molecule has 0 unspecified atom stereocenters. The molecule has 2 rings (SSSR count). The lowest BCUT2D eigenvalue weighted by Gasteiger charge is -2.04. The lowest BCUT2D eigenvalue weighted by Crippen LogP contribution is -2.04. The van der Waals surface area contributed by atoms with E-state index in [4.69, 9.17) is 0 Å². The normalized spacial score (nSPS) is 10.6. The van der Waals surface area contributed by atoms with Gasteiger partial charge in [-0.25, -0.2) is 4.98 Å². The Hall–Kier alpha value is -0.920. The van der Waals surface area contributed by atoms with Gasteiger partial charge in [-0.1, -0.05) is 22.6 Å². The molecule has 0 fully saturated rings. The van der Waals surface area contributed by atoms with Gasteiger partial charge in [0.25, 0.3) is 5.78 Å². The zero-order valence-corrected chi connectivity index (χ0v) is 9.19. The third kappa shape index (κ3) is 1.58. The number of alkyl halides is 1. The molecular formula is C7H8IN5. The fourth-order valence-corrected chi connectivity index (χ4v) is 1.52. The lowest BCUT2D eigenvalue weighted by molar-refractivity contribution is 0.932. The maximum atomic E-state index is 4.23.